The number of nitrogens with zero attached hydrogens (tertiary/aromatic N) is 1. The van der Waals surface area contributed by atoms with Gasteiger partial charge in [0, 0.05) is 12.6 Å². The summed E-state index contributed by atoms with van der Waals surface area (Å²) in [5.74, 6) is 0.983. The number of ether oxygens (including phenoxy) is 2. The Morgan fingerprint density at radius 3 is 2.74 bits per heavy atom. The van der Waals surface area contributed by atoms with Crippen molar-refractivity contribution in [1.82, 2.24) is 5.32 Å². The van der Waals surface area contributed by atoms with Gasteiger partial charge in [0.25, 0.3) is 0 Å². The molecule has 1 rings (SSSR count). The van der Waals surface area contributed by atoms with E-state index in [-0.39, 0.29) is 18.9 Å². The van der Waals surface area contributed by atoms with Crippen LogP contribution in [0.3, 0.4) is 0 Å². The fourth-order valence-electron chi connectivity index (χ4n) is 1.45. The number of rotatable bonds is 6. The minimum atomic E-state index is -0.0844. The minimum absolute atomic E-state index is 0.0844. The van der Waals surface area contributed by atoms with E-state index in [1.54, 1.807) is 32.2 Å². The van der Waals surface area contributed by atoms with Crippen LogP contribution in [0.2, 0.25) is 0 Å². The third-order valence-electron chi connectivity index (χ3n) is 2.60. The SMILES string of the molecule is CNC(=O)CCOc1ccc(C(C)=NO)cc1OC. The summed E-state index contributed by atoms with van der Waals surface area (Å²) in [5, 5.41) is 14.4. The van der Waals surface area contributed by atoms with E-state index in [1.807, 2.05) is 0 Å². The average molecular weight is 266 g/mol. The van der Waals surface area contributed by atoms with Crippen LogP contribution in [-0.4, -0.2) is 37.6 Å². The van der Waals surface area contributed by atoms with E-state index in [0.717, 1.165) is 5.56 Å². The summed E-state index contributed by atoms with van der Waals surface area (Å²) < 4.78 is 10.7. The lowest BCUT2D eigenvalue weighted by atomic mass is 10.1. The van der Waals surface area contributed by atoms with Crippen molar-refractivity contribution in [3.8, 4) is 11.5 Å². The van der Waals surface area contributed by atoms with Crippen molar-refractivity contribution in [3.63, 3.8) is 0 Å². The van der Waals surface area contributed by atoms with Gasteiger partial charge in [0.1, 0.15) is 0 Å². The number of methoxy groups -OCH3 is 1. The number of carbonyl (C=O) groups is 1. The molecule has 1 amide bonds. The fourth-order valence-corrected chi connectivity index (χ4v) is 1.45. The van der Waals surface area contributed by atoms with Crippen molar-refractivity contribution < 1.29 is 19.5 Å². The Hall–Kier alpha value is -2.24. The lowest BCUT2D eigenvalue weighted by molar-refractivity contribution is -0.121. The first-order valence-electron chi connectivity index (χ1n) is 5.82. The van der Waals surface area contributed by atoms with Crippen LogP contribution in [0, 0.1) is 0 Å². The molecule has 0 saturated carbocycles. The summed E-state index contributed by atoms with van der Waals surface area (Å²) in [6.07, 6.45) is 0.276. The van der Waals surface area contributed by atoms with Gasteiger partial charge in [-0.1, -0.05) is 5.16 Å². The highest BCUT2D eigenvalue weighted by Gasteiger charge is 2.08. The minimum Gasteiger partial charge on any atom is -0.493 e. The molecule has 0 aromatic heterocycles. The number of nitrogens with one attached hydrogen (secondary N) is 1. The van der Waals surface area contributed by atoms with Crippen molar-refractivity contribution >= 4 is 11.6 Å². The normalized spacial score (nSPS) is 11.0. The van der Waals surface area contributed by atoms with E-state index in [1.165, 1.54) is 7.11 Å². The average Bonchev–Trinajstić information content (AvgIpc) is 2.46. The van der Waals surface area contributed by atoms with Gasteiger partial charge in [0.05, 0.1) is 25.8 Å². The zero-order valence-corrected chi connectivity index (χ0v) is 11.3. The van der Waals surface area contributed by atoms with Crippen LogP contribution in [0.5, 0.6) is 11.5 Å². The molecule has 0 spiro atoms. The molecule has 0 fully saturated rings. The van der Waals surface area contributed by atoms with Crippen LogP contribution in [-0.2, 0) is 4.79 Å². The first kappa shape index (κ1) is 14.8. The number of hydrogen-bond acceptors (Lipinski definition) is 5. The fraction of sp³-hybridized carbons (Fsp3) is 0.385. The van der Waals surface area contributed by atoms with Gasteiger partial charge in [0.2, 0.25) is 5.91 Å². The molecule has 0 aliphatic rings. The maximum absolute atomic E-state index is 11.1. The molecule has 0 aliphatic carbocycles. The third kappa shape index (κ3) is 4.17. The Bertz CT molecular complexity index is 472. The van der Waals surface area contributed by atoms with Crippen molar-refractivity contribution in [2.24, 2.45) is 5.16 Å². The van der Waals surface area contributed by atoms with Crippen LogP contribution < -0.4 is 14.8 Å². The van der Waals surface area contributed by atoms with Gasteiger partial charge in [-0.3, -0.25) is 4.79 Å². The van der Waals surface area contributed by atoms with Crippen molar-refractivity contribution in [1.29, 1.82) is 0 Å². The summed E-state index contributed by atoms with van der Waals surface area (Å²) in [6, 6.07) is 5.18. The van der Waals surface area contributed by atoms with Crippen LogP contribution in [0.15, 0.2) is 23.4 Å². The number of benzene rings is 1. The number of amides is 1. The van der Waals surface area contributed by atoms with Gasteiger partial charge >= 0.3 is 0 Å². The van der Waals surface area contributed by atoms with Crippen LogP contribution in [0.1, 0.15) is 18.9 Å². The predicted molar refractivity (Wildman–Crippen MR) is 71.2 cm³/mol. The van der Waals surface area contributed by atoms with Gasteiger partial charge in [-0.25, -0.2) is 0 Å². The molecule has 1 aromatic carbocycles. The molecule has 6 heteroatoms. The molecule has 104 valence electrons. The Morgan fingerprint density at radius 2 is 2.16 bits per heavy atom. The Morgan fingerprint density at radius 1 is 1.42 bits per heavy atom. The van der Waals surface area contributed by atoms with Crippen molar-refractivity contribution in [2.75, 3.05) is 20.8 Å². The van der Waals surface area contributed by atoms with Gasteiger partial charge in [-0.15, -0.1) is 0 Å². The van der Waals surface area contributed by atoms with E-state index in [0.29, 0.717) is 17.2 Å². The van der Waals surface area contributed by atoms with Gasteiger partial charge in [0.15, 0.2) is 11.5 Å². The smallest absolute Gasteiger partial charge is 0.223 e. The Labute approximate surface area is 112 Å². The maximum atomic E-state index is 11.1. The summed E-state index contributed by atoms with van der Waals surface area (Å²) in [7, 11) is 3.10. The molecule has 0 saturated heterocycles. The van der Waals surface area contributed by atoms with Crippen molar-refractivity contribution in [3.05, 3.63) is 23.8 Å². The zero-order valence-electron chi connectivity index (χ0n) is 11.3. The molecule has 0 atom stereocenters. The molecule has 19 heavy (non-hydrogen) atoms. The molecule has 2 N–H and O–H groups in total. The van der Waals surface area contributed by atoms with Crippen LogP contribution in [0.25, 0.3) is 0 Å². The highest BCUT2D eigenvalue weighted by Crippen LogP contribution is 2.28. The Balaban J connectivity index is 2.76. The highest BCUT2D eigenvalue weighted by molar-refractivity contribution is 5.98. The molecule has 6 nitrogen and oxygen atoms in total. The number of carbonyl (C=O) groups excluding carboxylic acids is 1. The summed E-state index contributed by atoms with van der Waals surface area (Å²) >= 11 is 0. The summed E-state index contributed by atoms with van der Waals surface area (Å²) in [4.78, 5) is 11.1. The van der Waals surface area contributed by atoms with Crippen LogP contribution in [0.4, 0.5) is 0 Å². The number of hydrogen-bond donors (Lipinski definition) is 2. The molecule has 0 radical (unpaired) electrons. The Kier molecular flexibility index (Phi) is 5.66. The largest absolute Gasteiger partial charge is 0.493 e. The predicted octanol–water partition coefficient (Wildman–Crippen LogP) is 1.41. The monoisotopic (exact) mass is 266 g/mol. The van der Waals surface area contributed by atoms with E-state index in [2.05, 4.69) is 10.5 Å². The molecule has 0 unspecified atom stereocenters. The third-order valence-corrected chi connectivity index (χ3v) is 2.60. The van der Waals surface area contributed by atoms with E-state index < -0.39 is 0 Å². The molecular formula is C13H18N2O4. The quantitative estimate of drug-likeness (QED) is 0.463. The zero-order chi connectivity index (χ0) is 14.3. The molecular weight excluding hydrogens is 248 g/mol. The summed E-state index contributed by atoms with van der Waals surface area (Å²) in [6.45, 7) is 1.95. The van der Waals surface area contributed by atoms with E-state index in [9.17, 15) is 4.79 Å². The lowest BCUT2D eigenvalue weighted by Crippen LogP contribution is -2.20. The molecule has 0 aliphatic heterocycles. The number of oxime groups is 1. The van der Waals surface area contributed by atoms with Crippen molar-refractivity contribution in [2.45, 2.75) is 13.3 Å². The molecule has 1 aromatic rings. The van der Waals surface area contributed by atoms with E-state index >= 15 is 0 Å². The second-order valence-electron chi connectivity index (χ2n) is 3.82. The lowest BCUT2D eigenvalue weighted by Gasteiger charge is -2.11. The van der Waals surface area contributed by atoms with Gasteiger partial charge in [-0.05, 0) is 25.1 Å². The van der Waals surface area contributed by atoms with Gasteiger partial charge < -0.3 is 20.0 Å². The first-order valence-corrected chi connectivity index (χ1v) is 5.82. The molecule has 0 heterocycles. The first-order chi connectivity index (χ1) is 9.12. The van der Waals surface area contributed by atoms with Crippen LogP contribution >= 0.6 is 0 Å². The standard InChI is InChI=1S/C13H18N2O4/c1-9(15-17)10-4-5-11(12(8-10)18-3)19-7-6-13(16)14-2/h4-5,8,17H,6-7H2,1-3H3,(H,14,16). The highest BCUT2D eigenvalue weighted by atomic mass is 16.5. The van der Waals surface area contributed by atoms with E-state index in [4.69, 9.17) is 14.7 Å². The molecule has 0 bridgehead atoms. The maximum Gasteiger partial charge on any atom is 0.223 e. The summed E-state index contributed by atoms with van der Waals surface area (Å²) in [5.41, 5.74) is 1.22. The topological polar surface area (TPSA) is 80.2 Å². The second kappa shape index (κ2) is 7.25. The van der Waals surface area contributed by atoms with Gasteiger partial charge in [-0.2, -0.15) is 0 Å². The second-order valence-corrected chi connectivity index (χ2v) is 3.82.